The lowest BCUT2D eigenvalue weighted by atomic mass is 10.1. The van der Waals surface area contributed by atoms with Crippen molar-refractivity contribution < 1.29 is 14.3 Å². The molecule has 0 amide bonds. The zero-order valence-corrected chi connectivity index (χ0v) is 16.3. The third kappa shape index (κ3) is 5.36. The van der Waals surface area contributed by atoms with Crippen LogP contribution < -0.4 is 9.47 Å². The topological polar surface area (TPSA) is 40.0 Å². The second kappa shape index (κ2) is 9.28. The molecule has 0 radical (unpaired) electrons. The quantitative estimate of drug-likeness (QED) is 0.366. The second-order valence-electron chi connectivity index (χ2n) is 5.68. The maximum absolute atomic E-state index is 6.06. The Morgan fingerprint density at radius 3 is 2.52 bits per heavy atom. The summed E-state index contributed by atoms with van der Waals surface area (Å²) in [5, 5.41) is 3.96. The van der Waals surface area contributed by atoms with Gasteiger partial charge < -0.3 is 14.3 Å². The van der Waals surface area contributed by atoms with Crippen molar-refractivity contribution >= 4 is 17.0 Å². The summed E-state index contributed by atoms with van der Waals surface area (Å²) in [5.41, 5.74) is 3.02. The van der Waals surface area contributed by atoms with Gasteiger partial charge >= 0.3 is 0 Å². The lowest BCUT2D eigenvalue weighted by molar-refractivity contribution is 0.213. The number of aryl methyl sites for hydroxylation is 2. The number of hydrogen-bond donors (Lipinski definition) is 0. The summed E-state index contributed by atoms with van der Waals surface area (Å²) in [6.45, 7) is 9.11. The van der Waals surface area contributed by atoms with Crippen LogP contribution in [0.25, 0.3) is 0 Å². The largest absolute Gasteiger partial charge is 0.490 e. The zero-order chi connectivity index (χ0) is 18.2. The smallest absolute Gasteiger partial charge is 0.125 e. The van der Waals surface area contributed by atoms with E-state index in [0.717, 1.165) is 38.1 Å². The molecule has 0 saturated carbocycles. The Kier molecular flexibility index (Phi) is 7.07. The van der Waals surface area contributed by atoms with E-state index in [0.29, 0.717) is 13.2 Å². The van der Waals surface area contributed by atoms with Gasteiger partial charge in [0.25, 0.3) is 0 Å². The molecule has 134 valence electrons. The predicted octanol–water partition coefficient (Wildman–Crippen LogP) is 5.27. The zero-order valence-electron chi connectivity index (χ0n) is 15.5. The Hall–Kier alpha value is -2.27. The lowest BCUT2D eigenvalue weighted by Crippen LogP contribution is -2.00. The van der Waals surface area contributed by atoms with Crippen LogP contribution in [0, 0.1) is 13.8 Å². The molecule has 0 aliphatic rings. The molecule has 0 N–H and O–H groups in total. The Morgan fingerprint density at radius 2 is 1.88 bits per heavy atom. The van der Waals surface area contributed by atoms with Crippen LogP contribution in [0.5, 0.6) is 11.5 Å². The molecule has 0 atom stereocenters. The van der Waals surface area contributed by atoms with Crippen LogP contribution in [0.3, 0.4) is 0 Å². The highest BCUT2D eigenvalue weighted by Crippen LogP contribution is 2.30. The number of ether oxygens (including phenoxy) is 2. The monoisotopic (exact) mass is 359 g/mol. The molecule has 1 aromatic carbocycles. The van der Waals surface area contributed by atoms with Crippen LogP contribution in [0.1, 0.15) is 34.7 Å². The molecule has 1 heterocycles. The molecule has 5 heteroatoms. The highest BCUT2D eigenvalue weighted by molar-refractivity contribution is 7.14. The molecule has 0 unspecified atom stereocenters. The van der Waals surface area contributed by atoms with Crippen molar-refractivity contribution in [2.24, 2.45) is 5.16 Å². The Morgan fingerprint density at radius 1 is 1.16 bits per heavy atom. The molecule has 1 aromatic heterocycles. The van der Waals surface area contributed by atoms with E-state index in [-0.39, 0.29) is 0 Å². The van der Waals surface area contributed by atoms with Crippen molar-refractivity contribution in [1.29, 1.82) is 0 Å². The van der Waals surface area contributed by atoms with Crippen LogP contribution in [0.4, 0.5) is 0 Å². The van der Waals surface area contributed by atoms with E-state index in [1.807, 2.05) is 58.0 Å². The van der Waals surface area contributed by atoms with Crippen LogP contribution in [-0.2, 0) is 11.4 Å². The van der Waals surface area contributed by atoms with Gasteiger partial charge in [-0.05, 0) is 63.1 Å². The van der Waals surface area contributed by atoms with Gasteiger partial charge in [0.15, 0.2) is 0 Å². The third-order valence-corrected chi connectivity index (χ3v) is 4.79. The lowest BCUT2D eigenvalue weighted by Gasteiger charge is -2.14. The van der Waals surface area contributed by atoms with E-state index in [4.69, 9.17) is 14.3 Å². The minimum atomic E-state index is 0.533. The van der Waals surface area contributed by atoms with Crippen LogP contribution in [-0.4, -0.2) is 19.4 Å². The average molecular weight is 359 g/mol. The van der Waals surface area contributed by atoms with Crippen molar-refractivity contribution in [3.63, 3.8) is 0 Å². The summed E-state index contributed by atoms with van der Waals surface area (Å²) in [5.74, 6) is 1.78. The van der Waals surface area contributed by atoms with Gasteiger partial charge in [-0.3, -0.25) is 0 Å². The summed E-state index contributed by atoms with van der Waals surface area (Å²) in [6.07, 6.45) is 3.96. The molecule has 0 fully saturated rings. The average Bonchev–Trinajstić information content (AvgIpc) is 3.04. The van der Waals surface area contributed by atoms with Crippen LogP contribution in [0.15, 0.2) is 41.6 Å². The minimum absolute atomic E-state index is 0.533. The predicted molar refractivity (Wildman–Crippen MR) is 104 cm³/mol. The van der Waals surface area contributed by atoms with Crippen LogP contribution >= 0.6 is 11.3 Å². The first-order valence-corrected chi connectivity index (χ1v) is 9.01. The molecular formula is C20H25NO3S. The highest BCUT2D eigenvalue weighted by atomic mass is 32.1. The van der Waals surface area contributed by atoms with Gasteiger partial charge in [0.2, 0.25) is 0 Å². The summed E-state index contributed by atoms with van der Waals surface area (Å²) >= 11 is 1.66. The van der Waals surface area contributed by atoms with Crippen molar-refractivity contribution in [2.45, 2.75) is 34.3 Å². The van der Waals surface area contributed by atoms with Gasteiger partial charge in [0.1, 0.15) is 31.8 Å². The van der Waals surface area contributed by atoms with Crippen molar-refractivity contribution in [1.82, 2.24) is 0 Å². The number of rotatable bonds is 8. The van der Waals surface area contributed by atoms with Gasteiger partial charge in [-0.15, -0.1) is 11.3 Å². The Labute approximate surface area is 153 Å². The van der Waals surface area contributed by atoms with Gasteiger partial charge in [-0.25, -0.2) is 0 Å². The summed E-state index contributed by atoms with van der Waals surface area (Å²) in [6, 6.07) is 8.13. The molecule has 0 aliphatic carbocycles. The first-order chi connectivity index (χ1) is 12.0. The fourth-order valence-electron chi connectivity index (χ4n) is 2.44. The van der Waals surface area contributed by atoms with Gasteiger partial charge in [-0.1, -0.05) is 17.3 Å². The molecule has 25 heavy (non-hydrogen) atoms. The van der Waals surface area contributed by atoms with E-state index in [1.54, 1.807) is 18.4 Å². The SMILES string of the molecule is C/C=C/COc1cc(C)c(OCc2ccc(/C(C)=N\OC)s2)c(C)c1. The van der Waals surface area contributed by atoms with E-state index in [1.165, 1.54) is 0 Å². The van der Waals surface area contributed by atoms with Crippen molar-refractivity contribution in [3.8, 4) is 11.5 Å². The van der Waals surface area contributed by atoms with E-state index >= 15 is 0 Å². The first kappa shape index (κ1) is 19.1. The Balaban J connectivity index is 2.04. The van der Waals surface area contributed by atoms with Crippen LogP contribution in [0.2, 0.25) is 0 Å². The molecule has 0 spiro atoms. The minimum Gasteiger partial charge on any atom is -0.490 e. The first-order valence-electron chi connectivity index (χ1n) is 8.20. The molecule has 2 aromatic rings. The van der Waals surface area contributed by atoms with Crippen molar-refractivity contribution in [3.05, 3.63) is 57.3 Å². The fraction of sp³-hybridized carbons (Fsp3) is 0.350. The molecule has 0 bridgehead atoms. The number of hydrogen-bond acceptors (Lipinski definition) is 5. The van der Waals surface area contributed by atoms with Crippen molar-refractivity contribution in [2.75, 3.05) is 13.7 Å². The maximum atomic E-state index is 6.06. The molecule has 0 aliphatic heterocycles. The van der Waals surface area contributed by atoms with E-state index in [9.17, 15) is 0 Å². The van der Waals surface area contributed by atoms with Gasteiger partial charge in [0.05, 0.1) is 10.6 Å². The molecule has 2 rings (SSSR count). The molecule has 0 saturated heterocycles. The molecule has 4 nitrogen and oxygen atoms in total. The third-order valence-electron chi connectivity index (χ3n) is 3.62. The number of benzene rings is 1. The van der Waals surface area contributed by atoms with Gasteiger partial charge in [0, 0.05) is 4.88 Å². The molecular weight excluding hydrogens is 334 g/mol. The Bertz CT molecular complexity index is 739. The second-order valence-corrected chi connectivity index (χ2v) is 6.85. The summed E-state index contributed by atoms with van der Waals surface area (Å²) < 4.78 is 11.8. The maximum Gasteiger partial charge on any atom is 0.125 e. The number of oxime groups is 1. The van der Waals surface area contributed by atoms with E-state index < -0.39 is 0 Å². The number of allylic oxidation sites excluding steroid dienone is 1. The highest BCUT2D eigenvalue weighted by Gasteiger charge is 2.09. The summed E-state index contributed by atoms with van der Waals surface area (Å²) in [4.78, 5) is 7.05. The summed E-state index contributed by atoms with van der Waals surface area (Å²) in [7, 11) is 1.55. The standard InChI is InChI=1S/C20H25NO3S/c1-6-7-10-23-17-11-14(2)20(15(3)12-17)24-13-18-8-9-19(25-18)16(4)21-22-5/h6-9,11-12H,10,13H2,1-5H3/b7-6+,21-16-. The number of thiophene rings is 1. The van der Waals surface area contributed by atoms with Gasteiger partial charge in [-0.2, -0.15) is 0 Å². The normalized spacial score (nSPS) is 11.8. The van der Waals surface area contributed by atoms with E-state index in [2.05, 4.69) is 11.2 Å². The fourth-order valence-corrected chi connectivity index (χ4v) is 3.29. The number of nitrogens with zero attached hydrogens (tertiary/aromatic N) is 1.